The van der Waals surface area contributed by atoms with Gasteiger partial charge in [-0.05, 0) is 29.8 Å². The molecule has 7 heteroatoms. The van der Waals surface area contributed by atoms with Crippen LogP contribution in [0.5, 0.6) is 5.75 Å². The van der Waals surface area contributed by atoms with E-state index in [9.17, 15) is 15.2 Å². The lowest BCUT2D eigenvalue weighted by atomic mass is 9.85. The Morgan fingerprint density at radius 3 is 2.82 bits per heavy atom. The molecular weight excluding hydrogens is 396 g/mol. The van der Waals surface area contributed by atoms with Gasteiger partial charge in [-0.15, -0.1) is 11.8 Å². The monoisotopic (exact) mass is 412 g/mol. The van der Waals surface area contributed by atoms with E-state index in [0.717, 1.165) is 5.56 Å². The topological polar surface area (TPSA) is 73.6 Å². The average molecular weight is 413 g/mol. The van der Waals surface area contributed by atoms with Gasteiger partial charge in [0.1, 0.15) is 5.75 Å². The SMILES string of the molecule is COc1cccc([C@@]2(O)CSC3=C(C#N)[C@@H](c4cccc(Cl)c4)CC(=O)N32)c1. The molecule has 142 valence electrons. The number of nitrogens with zero attached hydrogens (tertiary/aromatic N) is 2. The summed E-state index contributed by atoms with van der Waals surface area (Å²) in [5, 5.41) is 22.3. The van der Waals surface area contributed by atoms with E-state index in [0.29, 0.717) is 26.9 Å². The van der Waals surface area contributed by atoms with Gasteiger partial charge in [-0.3, -0.25) is 9.69 Å². The third-order valence-electron chi connectivity index (χ3n) is 5.09. The number of methoxy groups -OCH3 is 1. The summed E-state index contributed by atoms with van der Waals surface area (Å²) >= 11 is 7.42. The largest absolute Gasteiger partial charge is 0.497 e. The zero-order chi connectivity index (χ0) is 19.9. The van der Waals surface area contributed by atoms with Crippen LogP contribution in [0.3, 0.4) is 0 Å². The molecule has 0 spiro atoms. The minimum absolute atomic E-state index is 0.0968. The summed E-state index contributed by atoms with van der Waals surface area (Å²) in [6.45, 7) is 0. The third-order valence-corrected chi connectivity index (χ3v) is 6.55. The number of halogens is 1. The Morgan fingerprint density at radius 1 is 1.32 bits per heavy atom. The number of fused-ring (bicyclic) bond motifs is 1. The van der Waals surface area contributed by atoms with Crippen LogP contribution in [-0.2, 0) is 10.5 Å². The Morgan fingerprint density at radius 2 is 2.11 bits per heavy atom. The van der Waals surface area contributed by atoms with Crippen LogP contribution in [0.4, 0.5) is 0 Å². The Balaban J connectivity index is 1.81. The molecule has 2 heterocycles. The molecule has 2 aliphatic heterocycles. The zero-order valence-electron chi connectivity index (χ0n) is 15.1. The second kappa shape index (κ2) is 7.17. The van der Waals surface area contributed by atoms with Crippen molar-refractivity contribution in [1.29, 1.82) is 5.26 Å². The number of hydrogen-bond acceptors (Lipinski definition) is 5. The highest BCUT2D eigenvalue weighted by Crippen LogP contribution is 2.52. The maximum Gasteiger partial charge on any atom is 0.231 e. The number of carbonyl (C=O) groups is 1. The maximum atomic E-state index is 13.1. The second-order valence-corrected chi connectivity index (χ2v) is 8.11. The smallest absolute Gasteiger partial charge is 0.231 e. The molecule has 1 saturated heterocycles. The minimum atomic E-state index is -1.52. The first kappa shape index (κ1) is 18.9. The van der Waals surface area contributed by atoms with E-state index in [1.807, 2.05) is 12.1 Å². The van der Waals surface area contributed by atoms with Gasteiger partial charge >= 0.3 is 0 Å². The molecule has 5 nitrogen and oxygen atoms in total. The van der Waals surface area contributed by atoms with Crippen LogP contribution in [0.1, 0.15) is 23.5 Å². The highest BCUT2D eigenvalue weighted by molar-refractivity contribution is 8.03. The molecular formula is C21H17ClN2O3S. The molecule has 0 radical (unpaired) electrons. The number of nitriles is 1. The molecule has 0 saturated carbocycles. The second-order valence-electron chi connectivity index (χ2n) is 6.71. The number of hydrogen-bond donors (Lipinski definition) is 1. The van der Waals surface area contributed by atoms with E-state index < -0.39 is 5.72 Å². The summed E-state index contributed by atoms with van der Waals surface area (Å²) in [5.41, 5.74) is 0.335. The van der Waals surface area contributed by atoms with Crippen molar-refractivity contribution < 1.29 is 14.6 Å². The van der Waals surface area contributed by atoms with Crippen molar-refractivity contribution >= 4 is 29.3 Å². The number of thioether (sulfide) groups is 1. The van der Waals surface area contributed by atoms with Crippen molar-refractivity contribution in [1.82, 2.24) is 4.90 Å². The van der Waals surface area contributed by atoms with Gasteiger partial charge < -0.3 is 9.84 Å². The molecule has 0 aliphatic carbocycles. The molecule has 0 unspecified atom stereocenters. The number of aliphatic hydroxyl groups is 1. The van der Waals surface area contributed by atoms with E-state index in [2.05, 4.69) is 6.07 Å². The van der Waals surface area contributed by atoms with Crippen molar-refractivity contribution in [2.75, 3.05) is 12.9 Å². The summed E-state index contributed by atoms with van der Waals surface area (Å²) in [7, 11) is 1.55. The lowest BCUT2D eigenvalue weighted by Gasteiger charge is -2.38. The van der Waals surface area contributed by atoms with Gasteiger partial charge in [0.15, 0.2) is 5.72 Å². The van der Waals surface area contributed by atoms with Crippen molar-refractivity contribution in [3.63, 3.8) is 0 Å². The molecule has 1 N–H and O–H groups in total. The van der Waals surface area contributed by atoms with Crippen molar-refractivity contribution in [2.24, 2.45) is 0 Å². The molecule has 4 rings (SSSR count). The number of rotatable bonds is 3. The number of benzene rings is 2. The predicted octanol–water partition coefficient (Wildman–Crippen LogP) is 3.99. The number of ether oxygens (including phenoxy) is 1. The van der Waals surface area contributed by atoms with Crippen LogP contribution < -0.4 is 4.74 Å². The van der Waals surface area contributed by atoms with Crippen molar-refractivity contribution in [2.45, 2.75) is 18.1 Å². The van der Waals surface area contributed by atoms with Crippen LogP contribution in [0.15, 0.2) is 59.1 Å². The number of amides is 1. The van der Waals surface area contributed by atoms with E-state index in [-0.39, 0.29) is 24.0 Å². The van der Waals surface area contributed by atoms with Gasteiger partial charge in [-0.1, -0.05) is 35.9 Å². The molecule has 1 amide bonds. The summed E-state index contributed by atoms with van der Waals surface area (Å²) in [4.78, 5) is 14.5. The molecule has 1 fully saturated rings. The third kappa shape index (κ3) is 2.96. The fraction of sp³-hybridized carbons (Fsp3) is 0.238. The van der Waals surface area contributed by atoms with Gasteiger partial charge in [0.2, 0.25) is 5.91 Å². The van der Waals surface area contributed by atoms with E-state index in [4.69, 9.17) is 16.3 Å². The van der Waals surface area contributed by atoms with E-state index in [1.54, 1.807) is 43.5 Å². The number of allylic oxidation sites excluding steroid dienone is 1. The standard InChI is InChI=1S/C21H17ClN2O3S/c1-27-16-7-3-5-14(9-16)21(26)12-28-20-18(11-23)17(10-19(25)24(20)21)13-4-2-6-15(22)8-13/h2-9,17,26H,10,12H2,1H3/t17-,21+/m1/s1. The summed E-state index contributed by atoms with van der Waals surface area (Å²) in [5.74, 6) is 0.237. The van der Waals surface area contributed by atoms with Crippen LogP contribution in [-0.4, -0.2) is 28.8 Å². The molecule has 2 aliphatic rings. The Hall–Kier alpha value is -2.46. The van der Waals surface area contributed by atoms with E-state index >= 15 is 0 Å². The van der Waals surface area contributed by atoms with Gasteiger partial charge in [-0.2, -0.15) is 5.26 Å². The van der Waals surface area contributed by atoms with Gasteiger partial charge in [0, 0.05) is 22.9 Å². The Bertz CT molecular complexity index is 1030. The van der Waals surface area contributed by atoms with Gasteiger partial charge in [0.25, 0.3) is 0 Å². The fourth-order valence-corrected chi connectivity index (χ4v) is 5.28. The highest BCUT2D eigenvalue weighted by Gasteiger charge is 2.51. The minimum Gasteiger partial charge on any atom is -0.497 e. The lowest BCUT2D eigenvalue weighted by molar-refractivity contribution is -0.149. The number of carbonyl (C=O) groups excluding carboxylic acids is 1. The van der Waals surface area contributed by atoms with Gasteiger partial charge in [0.05, 0.1) is 29.5 Å². The maximum absolute atomic E-state index is 13.1. The molecule has 0 aromatic heterocycles. The summed E-state index contributed by atoms with van der Waals surface area (Å²) in [6.07, 6.45) is 0.0968. The van der Waals surface area contributed by atoms with Crippen molar-refractivity contribution in [3.05, 3.63) is 75.3 Å². The van der Waals surface area contributed by atoms with Crippen LogP contribution in [0.25, 0.3) is 0 Å². The molecule has 28 heavy (non-hydrogen) atoms. The Kier molecular flexibility index (Phi) is 4.84. The van der Waals surface area contributed by atoms with Crippen LogP contribution in [0, 0.1) is 11.3 Å². The van der Waals surface area contributed by atoms with Crippen LogP contribution >= 0.6 is 23.4 Å². The molecule has 2 aromatic rings. The first-order valence-corrected chi connectivity index (χ1v) is 10.1. The first-order chi connectivity index (χ1) is 13.5. The first-order valence-electron chi connectivity index (χ1n) is 8.70. The molecule has 0 bridgehead atoms. The zero-order valence-corrected chi connectivity index (χ0v) is 16.6. The summed E-state index contributed by atoms with van der Waals surface area (Å²) < 4.78 is 5.25. The molecule has 2 aromatic carbocycles. The average Bonchev–Trinajstić information content (AvgIpc) is 3.07. The predicted molar refractivity (Wildman–Crippen MR) is 108 cm³/mol. The van der Waals surface area contributed by atoms with Crippen LogP contribution in [0.2, 0.25) is 5.02 Å². The van der Waals surface area contributed by atoms with Crippen molar-refractivity contribution in [3.8, 4) is 11.8 Å². The summed E-state index contributed by atoms with van der Waals surface area (Å²) in [6, 6.07) is 16.5. The molecule has 2 atom stereocenters. The van der Waals surface area contributed by atoms with E-state index in [1.165, 1.54) is 16.7 Å². The fourth-order valence-electron chi connectivity index (χ4n) is 3.72. The normalized spacial score (nSPS) is 24.1. The highest BCUT2D eigenvalue weighted by atomic mass is 35.5. The quantitative estimate of drug-likeness (QED) is 0.825. The van der Waals surface area contributed by atoms with Gasteiger partial charge in [-0.25, -0.2) is 0 Å². The lowest BCUT2D eigenvalue weighted by Crippen LogP contribution is -2.48. The Labute approximate surface area is 172 Å².